The number of carbonyl (C=O) groups is 1. The van der Waals surface area contributed by atoms with Gasteiger partial charge in [0.05, 0.1) is 6.07 Å². The number of furan rings is 1. The molecule has 0 unspecified atom stereocenters. The third-order valence-corrected chi connectivity index (χ3v) is 5.55. The summed E-state index contributed by atoms with van der Waals surface area (Å²) in [5, 5.41) is 25.3. The van der Waals surface area contributed by atoms with Crippen molar-refractivity contribution in [3.8, 4) is 0 Å². The summed E-state index contributed by atoms with van der Waals surface area (Å²) in [5.41, 5.74) is 2.47. The molecule has 4 aromatic rings. The van der Waals surface area contributed by atoms with Crippen molar-refractivity contribution >= 4 is 33.4 Å². The third kappa shape index (κ3) is 5.16. The number of hydrogen-bond donors (Lipinski definition) is 2. The average molecular weight is 449 g/mol. The largest absolute Gasteiger partial charge is 0.433 e. The molecule has 0 aliphatic heterocycles. The minimum Gasteiger partial charge on any atom is -0.395 e. The van der Waals surface area contributed by atoms with Crippen molar-refractivity contribution in [1.29, 1.82) is 0 Å². The number of benzene rings is 2. The maximum Gasteiger partial charge on any atom is 0.433 e. The molecule has 10 heteroatoms. The van der Waals surface area contributed by atoms with E-state index in [4.69, 9.17) is 4.42 Å². The SMILES string of the molecule is O=C(Nc1nnc(NCCC(c2ccccc2)c2ccccc2)s1)c1ccc([N+](=O)[O-])o1. The molecular formula is C22H19N5O4S. The van der Waals surface area contributed by atoms with Gasteiger partial charge in [-0.05, 0) is 23.6 Å². The van der Waals surface area contributed by atoms with E-state index in [1.165, 1.54) is 28.5 Å². The van der Waals surface area contributed by atoms with E-state index in [0.717, 1.165) is 12.5 Å². The molecule has 9 nitrogen and oxygen atoms in total. The van der Waals surface area contributed by atoms with E-state index in [1.54, 1.807) is 0 Å². The highest BCUT2D eigenvalue weighted by atomic mass is 32.1. The van der Waals surface area contributed by atoms with E-state index in [0.29, 0.717) is 11.7 Å². The summed E-state index contributed by atoms with van der Waals surface area (Å²) in [7, 11) is 0. The zero-order valence-corrected chi connectivity index (χ0v) is 17.6. The van der Waals surface area contributed by atoms with Crippen molar-refractivity contribution in [2.24, 2.45) is 0 Å². The summed E-state index contributed by atoms with van der Waals surface area (Å²) in [5.74, 6) is -1.07. The molecule has 0 fully saturated rings. The van der Waals surface area contributed by atoms with Gasteiger partial charge in [0.25, 0.3) is 5.91 Å². The molecule has 2 aromatic heterocycles. The van der Waals surface area contributed by atoms with E-state index >= 15 is 0 Å². The smallest absolute Gasteiger partial charge is 0.395 e. The first kappa shape index (κ1) is 21.2. The molecule has 0 radical (unpaired) electrons. The van der Waals surface area contributed by atoms with Crippen LogP contribution in [0.25, 0.3) is 0 Å². The molecule has 0 bridgehead atoms. The standard InChI is InChI=1S/C22H19N5O4S/c28-20(18-11-12-19(31-18)27(29)30)24-22-26-25-21(32-22)23-14-13-17(15-7-3-1-4-8-15)16-9-5-2-6-10-16/h1-12,17H,13-14H2,(H,23,25)(H,24,26,28). The van der Waals surface area contributed by atoms with E-state index in [-0.39, 0.29) is 16.8 Å². The van der Waals surface area contributed by atoms with Gasteiger partial charge in [0, 0.05) is 12.5 Å². The van der Waals surface area contributed by atoms with Gasteiger partial charge in [0.15, 0.2) is 5.76 Å². The molecule has 2 heterocycles. The van der Waals surface area contributed by atoms with Gasteiger partial charge >= 0.3 is 5.88 Å². The third-order valence-electron chi connectivity index (χ3n) is 4.75. The first-order valence-electron chi connectivity index (χ1n) is 9.83. The molecule has 0 saturated carbocycles. The summed E-state index contributed by atoms with van der Waals surface area (Å²) in [4.78, 5) is 22.1. The monoisotopic (exact) mass is 449 g/mol. The van der Waals surface area contributed by atoms with E-state index in [1.807, 2.05) is 36.4 Å². The normalized spacial score (nSPS) is 10.8. The maximum atomic E-state index is 12.2. The van der Waals surface area contributed by atoms with Gasteiger partial charge in [-0.1, -0.05) is 72.0 Å². The Morgan fingerprint density at radius 2 is 1.59 bits per heavy atom. The van der Waals surface area contributed by atoms with Crippen molar-refractivity contribution in [1.82, 2.24) is 10.2 Å². The number of nitrogens with one attached hydrogen (secondary N) is 2. The zero-order chi connectivity index (χ0) is 22.3. The van der Waals surface area contributed by atoms with Gasteiger partial charge in [0.2, 0.25) is 10.3 Å². The molecule has 0 atom stereocenters. The highest BCUT2D eigenvalue weighted by Gasteiger charge is 2.19. The van der Waals surface area contributed by atoms with E-state index in [9.17, 15) is 14.9 Å². The van der Waals surface area contributed by atoms with Crippen molar-refractivity contribution < 1.29 is 14.1 Å². The van der Waals surface area contributed by atoms with Gasteiger partial charge in [-0.15, -0.1) is 10.2 Å². The lowest BCUT2D eigenvalue weighted by molar-refractivity contribution is -0.402. The molecule has 162 valence electrons. The highest BCUT2D eigenvalue weighted by Crippen LogP contribution is 2.28. The molecule has 2 N–H and O–H groups in total. The van der Waals surface area contributed by atoms with Crippen molar-refractivity contribution in [3.63, 3.8) is 0 Å². The number of carbonyl (C=O) groups excluding carboxylic acids is 1. The van der Waals surface area contributed by atoms with Crippen LogP contribution in [0, 0.1) is 10.1 Å². The number of amides is 1. The quantitative estimate of drug-likeness (QED) is 0.274. The number of nitrogens with zero attached hydrogens (tertiary/aromatic N) is 3. The fourth-order valence-corrected chi connectivity index (χ4v) is 3.94. The molecule has 0 saturated heterocycles. The van der Waals surface area contributed by atoms with Gasteiger partial charge in [-0.3, -0.25) is 20.2 Å². The predicted octanol–water partition coefficient (Wildman–Crippen LogP) is 4.93. The van der Waals surface area contributed by atoms with Crippen molar-refractivity contribution in [2.75, 3.05) is 17.2 Å². The molecule has 0 spiro atoms. The Bertz CT molecular complexity index is 1150. The molecule has 1 amide bonds. The van der Waals surface area contributed by atoms with Crippen LogP contribution >= 0.6 is 11.3 Å². The minimum atomic E-state index is -0.706. The second kappa shape index (κ2) is 9.84. The lowest BCUT2D eigenvalue weighted by atomic mass is 9.88. The average Bonchev–Trinajstić information content (AvgIpc) is 3.48. The fourth-order valence-electron chi connectivity index (χ4n) is 3.27. The predicted molar refractivity (Wildman–Crippen MR) is 121 cm³/mol. The Morgan fingerprint density at radius 1 is 0.969 bits per heavy atom. The van der Waals surface area contributed by atoms with E-state index < -0.39 is 16.7 Å². The van der Waals surface area contributed by atoms with Gasteiger partial charge < -0.3 is 9.73 Å². The Kier molecular flexibility index (Phi) is 6.52. The number of aromatic nitrogens is 2. The number of anilines is 2. The maximum absolute atomic E-state index is 12.2. The first-order chi connectivity index (χ1) is 15.6. The molecule has 0 aliphatic rings. The second-order valence-corrected chi connectivity index (χ2v) is 7.83. The van der Waals surface area contributed by atoms with Crippen LogP contribution in [0.5, 0.6) is 0 Å². The summed E-state index contributed by atoms with van der Waals surface area (Å²) in [6, 6.07) is 23.0. The van der Waals surface area contributed by atoms with Crippen LogP contribution in [-0.2, 0) is 0 Å². The number of hydrogen-bond acceptors (Lipinski definition) is 8. The fraction of sp³-hybridized carbons (Fsp3) is 0.136. The Labute approximate surface area is 187 Å². The topological polar surface area (TPSA) is 123 Å². The Balaban J connectivity index is 1.36. The first-order valence-corrected chi connectivity index (χ1v) is 10.6. The van der Waals surface area contributed by atoms with Gasteiger partial charge in [-0.2, -0.15) is 0 Å². The van der Waals surface area contributed by atoms with Crippen LogP contribution in [0.3, 0.4) is 0 Å². The zero-order valence-electron chi connectivity index (χ0n) is 16.8. The summed E-state index contributed by atoms with van der Waals surface area (Å²) in [6.45, 7) is 0.654. The minimum absolute atomic E-state index is 0.171. The highest BCUT2D eigenvalue weighted by molar-refractivity contribution is 7.19. The molecular weight excluding hydrogens is 430 g/mol. The molecule has 0 aliphatic carbocycles. The van der Waals surface area contributed by atoms with Crippen molar-refractivity contribution in [2.45, 2.75) is 12.3 Å². The van der Waals surface area contributed by atoms with E-state index in [2.05, 4.69) is 45.1 Å². The Morgan fingerprint density at radius 3 is 2.19 bits per heavy atom. The Hall–Kier alpha value is -4.05. The van der Waals surface area contributed by atoms with Crippen LogP contribution in [0.4, 0.5) is 16.1 Å². The molecule has 4 rings (SSSR count). The van der Waals surface area contributed by atoms with Crippen LogP contribution in [-0.4, -0.2) is 27.6 Å². The lowest BCUT2D eigenvalue weighted by Gasteiger charge is -2.18. The lowest BCUT2D eigenvalue weighted by Crippen LogP contribution is -2.10. The molecule has 2 aromatic carbocycles. The van der Waals surface area contributed by atoms with Gasteiger partial charge in [0.1, 0.15) is 4.92 Å². The summed E-state index contributed by atoms with van der Waals surface area (Å²) in [6.07, 6.45) is 0.839. The van der Waals surface area contributed by atoms with Crippen LogP contribution in [0.2, 0.25) is 0 Å². The van der Waals surface area contributed by atoms with Gasteiger partial charge in [-0.25, -0.2) is 0 Å². The van der Waals surface area contributed by atoms with Crippen molar-refractivity contribution in [3.05, 3.63) is 99.8 Å². The second-order valence-electron chi connectivity index (χ2n) is 6.85. The van der Waals surface area contributed by atoms with Crippen LogP contribution < -0.4 is 10.6 Å². The summed E-state index contributed by atoms with van der Waals surface area (Å²) < 4.78 is 4.89. The van der Waals surface area contributed by atoms with Crippen LogP contribution in [0.1, 0.15) is 34.0 Å². The number of nitro groups is 1. The molecule has 32 heavy (non-hydrogen) atoms. The van der Waals surface area contributed by atoms with Crippen LogP contribution in [0.15, 0.2) is 77.2 Å². The summed E-state index contributed by atoms with van der Waals surface area (Å²) >= 11 is 1.17. The number of rotatable bonds is 9.